The van der Waals surface area contributed by atoms with E-state index in [2.05, 4.69) is 36.2 Å². The Morgan fingerprint density at radius 1 is 1.39 bits per heavy atom. The molecule has 0 aliphatic rings. The van der Waals surface area contributed by atoms with Crippen LogP contribution in [-0.2, 0) is 4.79 Å². The summed E-state index contributed by atoms with van der Waals surface area (Å²) in [5.41, 5.74) is 1.24. The molecule has 1 amide bonds. The Kier molecular flexibility index (Phi) is 3.69. The Morgan fingerprint density at radius 2 is 2.11 bits per heavy atom. The smallest absolute Gasteiger partial charge is 0.296 e. The number of carbonyl (C=O) groups is 1. The average Bonchev–Trinajstić information content (AvgIpc) is 2.68. The van der Waals surface area contributed by atoms with Crippen LogP contribution in [0.1, 0.15) is 30.3 Å². The third-order valence-electron chi connectivity index (χ3n) is 2.86. The Hall–Kier alpha value is -1.79. The van der Waals surface area contributed by atoms with Crippen molar-refractivity contribution in [1.82, 2.24) is 5.32 Å². The first-order valence-corrected chi connectivity index (χ1v) is 6.66. The molecule has 0 aliphatic heterocycles. The van der Waals surface area contributed by atoms with E-state index in [9.17, 15) is 4.79 Å². The lowest BCUT2D eigenvalue weighted by Crippen LogP contribution is -2.24. The Bertz CT molecular complexity index is 645. The van der Waals surface area contributed by atoms with Crippen LogP contribution < -0.4 is 5.32 Å². The van der Waals surface area contributed by atoms with Gasteiger partial charge in [0, 0.05) is 9.58 Å². The van der Waals surface area contributed by atoms with Crippen molar-refractivity contribution in [3.8, 4) is 11.8 Å². The highest BCUT2D eigenvalue weighted by molar-refractivity contribution is 7.19. The van der Waals surface area contributed by atoms with Crippen LogP contribution in [0.4, 0.5) is 0 Å². The molecule has 18 heavy (non-hydrogen) atoms. The number of carbonyl (C=O) groups excluding carboxylic acids is 1. The van der Waals surface area contributed by atoms with Crippen molar-refractivity contribution in [1.29, 1.82) is 0 Å². The summed E-state index contributed by atoms with van der Waals surface area (Å²) in [7, 11) is 0. The van der Waals surface area contributed by atoms with Crippen molar-refractivity contribution >= 4 is 27.3 Å². The minimum atomic E-state index is -0.221. The molecule has 1 aromatic carbocycles. The van der Waals surface area contributed by atoms with Gasteiger partial charge in [-0.15, -0.1) is 11.3 Å². The zero-order valence-electron chi connectivity index (χ0n) is 10.7. The Labute approximate surface area is 111 Å². The second kappa shape index (κ2) is 5.24. The van der Waals surface area contributed by atoms with Gasteiger partial charge in [0.05, 0.1) is 6.04 Å². The van der Waals surface area contributed by atoms with Crippen LogP contribution in [0.3, 0.4) is 0 Å². The zero-order chi connectivity index (χ0) is 13.1. The summed E-state index contributed by atoms with van der Waals surface area (Å²) < 4.78 is 1.26. The van der Waals surface area contributed by atoms with E-state index >= 15 is 0 Å². The van der Waals surface area contributed by atoms with Gasteiger partial charge in [-0.1, -0.05) is 24.1 Å². The SMILES string of the molecule is CC#CC(=O)N[C@H](C)c1sc2ccccc2c1C. The van der Waals surface area contributed by atoms with Gasteiger partial charge >= 0.3 is 0 Å². The highest BCUT2D eigenvalue weighted by Crippen LogP contribution is 2.34. The third kappa shape index (κ3) is 2.39. The van der Waals surface area contributed by atoms with E-state index in [4.69, 9.17) is 0 Å². The van der Waals surface area contributed by atoms with Crippen molar-refractivity contribution in [3.05, 3.63) is 34.7 Å². The summed E-state index contributed by atoms with van der Waals surface area (Å²) in [4.78, 5) is 12.7. The van der Waals surface area contributed by atoms with Gasteiger partial charge in [-0.05, 0) is 43.7 Å². The largest absolute Gasteiger partial charge is 0.338 e. The number of amides is 1. The number of fused-ring (bicyclic) bond motifs is 1. The van der Waals surface area contributed by atoms with Gasteiger partial charge in [-0.3, -0.25) is 4.79 Å². The molecular weight excluding hydrogens is 242 g/mol. The van der Waals surface area contributed by atoms with Gasteiger partial charge in [0.2, 0.25) is 0 Å². The number of aryl methyl sites for hydroxylation is 1. The highest BCUT2D eigenvalue weighted by Gasteiger charge is 2.15. The molecule has 2 nitrogen and oxygen atoms in total. The van der Waals surface area contributed by atoms with Gasteiger partial charge in [-0.25, -0.2) is 0 Å². The van der Waals surface area contributed by atoms with E-state index in [1.165, 1.54) is 20.5 Å². The lowest BCUT2D eigenvalue weighted by atomic mass is 10.1. The van der Waals surface area contributed by atoms with Crippen molar-refractivity contribution < 1.29 is 4.79 Å². The fourth-order valence-corrected chi connectivity index (χ4v) is 3.23. The summed E-state index contributed by atoms with van der Waals surface area (Å²) in [5, 5.41) is 4.16. The summed E-state index contributed by atoms with van der Waals surface area (Å²) in [6.07, 6.45) is 0. The molecule has 0 bridgehead atoms. The number of rotatable bonds is 2. The Balaban J connectivity index is 2.32. The maximum absolute atomic E-state index is 11.5. The van der Waals surface area contributed by atoms with Crippen molar-refractivity contribution in [3.63, 3.8) is 0 Å². The predicted molar refractivity (Wildman–Crippen MR) is 76.6 cm³/mol. The van der Waals surface area contributed by atoms with Crippen LogP contribution >= 0.6 is 11.3 Å². The first kappa shape index (κ1) is 12.7. The quantitative estimate of drug-likeness (QED) is 0.821. The van der Waals surface area contributed by atoms with E-state index in [0.29, 0.717) is 0 Å². The molecule has 3 heteroatoms. The molecule has 2 rings (SSSR count). The molecule has 1 heterocycles. The van der Waals surface area contributed by atoms with E-state index in [-0.39, 0.29) is 11.9 Å². The standard InChI is InChI=1S/C15H15NOS/c1-4-7-14(17)16-11(3)15-10(2)12-8-5-6-9-13(12)18-15/h5-6,8-9,11H,1-3H3,(H,16,17)/t11-/m1/s1. The zero-order valence-corrected chi connectivity index (χ0v) is 11.5. The molecule has 0 radical (unpaired) electrons. The van der Waals surface area contributed by atoms with Crippen LogP contribution in [0, 0.1) is 18.8 Å². The normalized spacial score (nSPS) is 11.7. The summed E-state index contributed by atoms with van der Waals surface area (Å²) in [6.45, 7) is 5.75. The van der Waals surface area contributed by atoms with Crippen molar-refractivity contribution in [2.24, 2.45) is 0 Å². The van der Waals surface area contributed by atoms with E-state index in [1.54, 1.807) is 18.3 Å². The van der Waals surface area contributed by atoms with Crippen LogP contribution in [0.2, 0.25) is 0 Å². The van der Waals surface area contributed by atoms with Gasteiger partial charge in [0.25, 0.3) is 5.91 Å². The van der Waals surface area contributed by atoms with Crippen LogP contribution in [0.5, 0.6) is 0 Å². The van der Waals surface area contributed by atoms with Crippen molar-refractivity contribution in [2.75, 3.05) is 0 Å². The number of benzene rings is 1. The van der Waals surface area contributed by atoms with Gasteiger partial charge < -0.3 is 5.32 Å². The molecule has 0 saturated heterocycles. The molecule has 0 saturated carbocycles. The third-order valence-corrected chi connectivity index (χ3v) is 4.32. The van der Waals surface area contributed by atoms with Crippen LogP contribution in [0.25, 0.3) is 10.1 Å². The molecule has 1 aromatic heterocycles. The lowest BCUT2D eigenvalue weighted by Gasteiger charge is -2.10. The molecular formula is C15H15NOS. The minimum Gasteiger partial charge on any atom is -0.338 e. The van der Waals surface area contributed by atoms with Crippen LogP contribution in [-0.4, -0.2) is 5.91 Å². The van der Waals surface area contributed by atoms with E-state index in [0.717, 1.165) is 0 Å². The number of hydrogen-bond donors (Lipinski definition) is 1. The number of nitrogens with one attached hydrogen (secondary N) is 1. The second-order valence-electron chi connectivity index (χ2n) is 4.16. The van der Waals surface area contributed by atoms with Gasteiger partial charge in [0.1, 0.15) is 0 Å². The monoisotopic (exact) mass is 257 g/mol. The highest BCUT2D eigenvalue weighted by atomic mass is 32.1. The topological polar surface area (TPSA) is 29.1 Å². The fraction of sp³-hybridized carbons (Fsp3) is 0.267. The molecule has 2 aromatic rings. The average molecular weight is 257 g/mol. The van der Waals surface area contributed by atoms with Crippen molar-refractivity contribution in [2.45, 2.75) is 26.8 Å². The molecule has 0 fully saturated rings. The Morgan fingerprint density at radius 3 is 2.78 bits per heavy atom. The molecule has 0 spiro atoms. The maximum atomic E-state index is 11.5. The lowest BCUT2D eigenvalue weighted by molar-refractivity contribution is -0.116. The molecule has 0 aliphatic carbocycles. The summed E-state index contributed by atoms with van der Waals surface area (Å²) in [6, 6.07) is 8.30. The molecule has 1 N–H and O–H groups in total. The predicted octanol–water partition coefficient (Wildman–Crippen LogP) is 3.41. The second-order valence-corrected chi connectivity index (χ2v) is 5.24. The number of hydrogen-bond acceptors (Lipinski definition) is 2. The van der Waals surface area contributed by atoms with Gasteiger partial charge in [0.15, 0.2) is 0 Å². The van der Waals surface area contributed by atoms with Crippen LogP contribution in [0.15, 0.2) is 24.3 Å². The maximum Gasteiger partial charge on any atom is 0.296 e. The summed E-state index contributed by atoms with van der Waals surface area (Å²) in [5.74, 6) is 4.89. The van der Waals surface area contributed by atoms with E-state index in [1.807, 2.05) is 19.1 Å². The fourth-order valence-electron chi connectivity index (χ4n) is 2.02. The molecule has 92 valence electrons. The van der Waals surface area contributed by atoms with E-state index < -0.39 is 0 Å². The number of thiophene rings is 1. The minimum absolute atomic E-state index is 0.00394. The molecule has 0 unspecified atom stereocenters. The first-order chi connectivity index (χ1) is 8.63. The van der Waals surface area contributed by atoms with Gasteiger partial charge in [-0.2, -0.15) is 0 Å². The molecule has 1 atom stereocenters. The summed E-state index contributed by atoms with van der Waals surface area (Å²) >= 11 is 1.73. The first-order valence-electron chi connectivity index (χ1n) is 5.84.